The molecule has 7 heteroatoms. The molecule has 0 atom stereocenters. The van der Waals surface area contributed by atoms with Crippen LogP contribution in [0.5, 0.6) is 10.9 Å². The first kappa shape index (κ1) is 11.5. The molecular formula is C9H4BrClN2O2S. The van der Waals surface area contributed by atoms with E-state index in [0.717, 1.165) is 15.8 Å². The second kappa shape index (κ2) is 4.90. The number of thiazole rings is 1. The Morgan fingerprint density at radius 1 is 1.50 bits per heavy atom. The average Bonchev–Trinajstić information content (AvgIpc) is 2.58. The molecule has 0 unspecified atom stereocenters. The summed E-state index contributed by atoms with van der Waals surface area (Å²) in [6.45, 7) is 0. The van der Waals surface area contributed by atoms with Crippen LogP contribution >= 0.6 is 38.9 Å². The molecule has 82 valence electrons. The zero-order valence-corrected chi connectivity index (χ0v) is 10.8. The van der Waals surface area contributed by atoms with Crippen molar-refractivity contribution in [2.45, 2.75) is 0 Å². The largest absolute Gasteiger partial charge is 0.429 e. The van der Waals surface area contributed by atoms with Crippen molar-refractivity contribution in [1.29, 1.82) is 0 Å². The predicted octanol–water partition coefficient (Wildman–Crippen LogP) is 3.56. The third-order valence-corrected chi connectivity index (χ3v) is 3.27. The third-order valence-electron chi connectivity index (χ3n) is 1.58. The molecule has 0 N–H and O–H groups in total. The van der Waals surface area contributed by atoms with Gasteiger partial charge in [-0.15, -0.1) is 0 Å². The van der Waals surface area contributed by atoms with E-state index >= 15 is 0 Å². The highest BCUT2D eigenvalue weighted by molar-refractivity contribution is 9.10. The van der Waals surface area contributed by atoms with Gasteiger partial charge in [-0.25, -0.2) is 0 Å². The summed E-state index contributed by atoms with van der Waals surface area (Å²) in [6, 6.07) is 1.74. The predicted molar refractivity (Wildman–Crippen MR) is 64.5 cm³/mol. The summed E-state index contributed by atoms with van der Waals surface area (Å²) >= 11 is 10.1. The van der Waals surface area contributed by atoms with E-state index in [-0.39, 0.29) is 5.15 Å². The third kappa shape index (κ3) is 2.58. The van der Waals surface area contributed by atoms with E-state index in [9.17, 15) is 4.79 Å². The Hall–Kier alpha value is -0.980. The SMILES string of the molecule is O=Cc1sc(Oc2cncc(Br)c2)nc1Cl. The summed E-state index contributed by atoms with van der Waals surface area (Å²) in [6.07, 6.45) is 3.82. The molecule has 0 fully saturated rings. The molecule has 16 heavy (non-hydrogen) atoms. The molecule has 2 heterocycles. The number of halogens is 2. The number of aldehydes is 1. The number of aromatic nitrogens is 2. The van der Waals surface area contributed by atoms with Crippen LogP contribution in [0.4, 0.5) is 0 Å². The number of ether oxygens (including phenoxy) is 1. The topological polar surface area (TPSA) is 52.1 Å². The molecule has 0 aliphatic carbocycles. The Bertz CT molecular complexity index is 532. The molecule has 0 aliphatic heterocycles. The van der Waals surface area contributed by atoms with Gasteiger partial charge >= 0.3 is 0 Å². The van der Waals surface area contributed by atoms with Gasteiger partial charge in [-0.3, -0.25) is 9.78 Å². The fourth-order valence-electron chi connectivity index (χ4n) is 0.960. The van der Waals surface area contributed by atoms with E-state index in [2.05, 4.69) is 25.9 Å². The minimum Gasteiger partial charge on any atom is -0.429 e. The Morgan fingerprint density at radius 2 is 2.31 bits per heavy atom. The molecule has 0 bridgehead atoms. The van der Waals surface area contributed by atoms with Crippen LogP contribution in [-0.2, 0) is 0 Å². The summed E-state index contributed by atoms with van der Waals surface area (Å²) in [7, 11) is 0. The van der Waals surface area contributed by atoms with Crippen LogP contribution in [0.15, 0.2) is 22.9 Å². The lowest BCUT2D eigenvalue weighted by Crippen LogP contribution is -1.83. The average molecular weight is 320 g/mol. The van der Waals surface area contributed by atoms with Gasteiger partial charge in [-0.1, -0.05) is 22.9 Å². The summed E-state index contributed by atoms with van der Waals surface area (Å²) in [5.74, 6) is 0.525. The molecule has 0 saturated heterocycles. The first-order valence-electron chi connectivity index (χ1n) is 4.09. The van der Waals surface area contributed by atoms with Gasteiger partial charge in [0.05, 0.1) is 6.20 Å². The van der Waals surface area contributed by atoms with Crippen LogP contribution in [-0.4, -0.2) is 16.3 Å². The maximum Gasteiger partial charge on any atom is 0.280 e. The zero-order chi connectivity index (χ0) is 11.5. The van der Waals surface area contributed by atoms with E-state index in [0.29, 0.717) is 22.1 Å². The molecule has 2 aromatic rings. The van der Waals surface area contributed by atoms with E-state index in [1.807, 2.05) is 0 Å². The number of carbonyl (C=O) groups is 1. The molecule has 0 aliphatic rings. The van der Waals surface area contributed by atoms with Crippen molar-refractivity contribution in [3.8, 4) is 10.9 Å². The Morgan fingerprint density at radius 3 is 2.94 bits per heavy atom. The Balaban J connectivity index is 2.23. The number of hydrogen-bond acceptors (Lipinski definition) is 5. The van der Waals surface area contributed by atoms with Crippen molar-refractivity contribution in [2.75, 3.05) is 0 Å². The van der Waals surface area contributed by atoms with Crippen LogP contribution in [0.25, 0.3) is 0 Å². The fourth-order valence-corrected chi connectivity index (χ4v) is 2.23. The second-order valence-corrected chi connectivity index (χ2v) is 4.96. The van der Waals surface area contributed by atoms with Gasteiger partial charge in [0, 0.05) is 10.7 Å². The quantitative estimate of drug-likeness (QED) is 0.812. The van der Waals surface area contributed by atoms with Crippen molar-refractivity contribution < 1.29 is 9.53 Å². The van der Waals surface area contributed by atoms with Gasteiger partial charge < -0.3 is 4.74 Å². The fraction of sp³-hybridized carbons (Fsp3) is 0. The van der Waals surface area contributed by atoms with Crippen LogP contribution in [0.2, 0.25) is 5.15 Å². The van der Waals surface area contributed by atoms with Gasteiger partial charge in [0.15, 0.2) is 11.4 Å². The molecular weight excluding hydrogens is 316 g/mol. The Kier molecular flexibility index (Phi) is 3.52. The maximum atomic E-state index is 10.6. The molecule has 0 saturated carbocycles. The van der Waals surface area contributed by atoms with Gasteiger partial charge in [-0.2, -0.15) is 4.98 Å². The number of nitrogens with zero attached hydrogens (tertiary/aromatic N) is 2. The summed E-state index contributed by atoms with van der Waals surface area (Å²) in [5.41, 5.74) is 0. The highest BCUT2D eigenvalue weighted by Crippen LogP contribution is 2.31. The van der Waals surface area contributed by atoms with E-state index in [1.54, 1.807) is 18.5 Å². The highest BCUT2D eigenvalue weighted by Gasteiger charge is 2.10. The molecule has 2 rings (SSSR count). The van der Waals surface area contributed by atoms with E-state index in [1.165, 1.54) is 0 Å². The lowest BCUT2D eigenvalue weighted by molar-refractivity contribution is 0.112. The van der Waals surface area contributed by atoms with Gasteiger partial charge in [0.25, 0.3) is 5.19 Å². The standard InChI is InChI=1S/C9H4BrClN2O2S/c10-5-1-6(3-12-2-5)15-9-13-8(11)7(4-14)16-9/h1-4H. The lowest BCUT2D eigenvalue weighted by atomic mass is 10.5. The molecule has 2 aromatic heterocycles. The van der Waals surface area contributed by atoms with Gasteiger partial charge in [-0.05, 0) is 22.0 Å². The van der Waals surface area contributed by atoms with Crippen LogP contribution < -0.4 is 4.74 Å². The second-order valence-electron chi connectivity index (χ2n) is 2.69. The summed E-state index contributed by atoms with van der Waals surface area (Å²) in [5, 5.41) is 0.463. The van der Waals surface area contributed by atoms with E-state index < -0.39 is 0 Å². The first-order chi connectivity index (χ1) is 7.69. The van der Waals surface area contributed by atoms with Crippen LogP contribution in [0, 0.1) is 0 Å². The monoisotopic (exact) mass is 318 g/mol. The number of carbonyl (C=O) groups excluding carboxylic acids is 1. The van der Waals surface area contributed by atoms with Crippen molar-refractivity contribution >= 4 is 45.2 Å². The molecule has 4 nitrogen and oxygen atoms in total. The van der Waals surface area contributed by atoms with Gasteiger partial charge in [0.2, 0.25) is 0 Å². The number of rotatable bonds is 3. The van der Waals surface area contributed by atoms with Crippen LogP contribution in [0.1, 0.15) is 9.67 Å². The minimum absolute atomic E-state index is 0.151. The van der Waals surface area contributed by atoms with E-state index in [4.69, 9.17) is 16.3 Å². The molecule has 0 aromatic carbocycles. The van der Waals surface area contributed by atoms with Crippen molar-refractivity contribution in [1.82, 2.24) is 9.97 Å². The first-order valence-corrected chi connectivity index (χ1v) is 6.07. The lowest BCUT2D eigenvalue weighted by Gasteiger charge is -1.99. The molecule has 0 amide bonds. The molecule has 0 radical (unpaired) electrons. The Labute approximate surface area is 108 Å². The van der Waals surface area contributed by atoms with Gasteiger partial charge in [0.1, 0.15) is 10.6 Å². The smallest absolute Gasteiger partial charge is 0.280 e. The van der Waals surface area contributed by atoms with Crippen molar-refractivity contribution in [3.05, 3.63) is 33.0 Å². The van der Waals surface area contributed by atoms with Crippen molar-refractivity contribution in [2.24, 2.45) is 0 Å². The van der Waals surface area contributed by atoms with Crippen molar-refractivity contribution in [3.63, 3.8) is 0 Å². The zero-order valence-electron chi connectivity index (χ0n) is 7.68. The summed E-state index contributed by atoms with van der Waals surface area (Å²) < 4.78 is 6.19. The maximum absolute atomic E-state index is 10.6. The minimum atomic E-state index is 0.151. The van der Waals surface area contributed by atoms with Crippen LogP contribution in [0.3, 0.4) is 0 Å². The number of pyridine rings is 1. The molecule has 0 spiro atoms. The normalized spacial score (nSPS) is 10.1. The number of hydrogen-bond donors (Lipinski definition) is 0. The summed E-state index contributed by atoms with van der Waals surface area (Å²) in [4.78, 5) is 18.7. The highest BCUT2D eigenvalue weighted by atomic mass is 79.9.